The number of ketones is 1. The second-order valence-corrected chi connectivity index (χ2v) is 8.42. The van der Waals surface area contributed by atoms with Crippen LogP contribution in [0.5, 0.6) is 0 Å². The van der Waals surface area contributed by atoms with Crippen LogP contribution in [0.4, 0.5) is 0 Å². The predicted octanol–water partition coefficient (Wildman–Crippen LogP) is 2.86. The summed E-state index contributed by atoms with van der Waals surface area (Å²) in [4.78, 5) is 11.3. The summed E-state index contributed by atoms with van der Waals surface area (Å²) in [6, 6.07) is 8.03. The number of nitrogens with one attached hydrogen (secondary N) is 1. The van der Waals surface area contributed by atoms with Crippen molar-refractivity contribution in [3.05, 3.63) is 41.5 Å². The minimum absolute atomic E-state index is 0.0989. The van der Waals surface area contributed by atoms with Crippen molar-refractivity contribution in [3.63, 3.8) is 0 Å². The van der Waals surface area contributed by atoms with E-state index in [1.807, 2.05) is 31.2 Å². The van der Waals surface area contributed by atoms with Gasteiger partial charge in [-0.3, -0.25) is 4.79 Å². The molecule has 1 atom stereocenters. The Balaban J connectivity index is 2.01. The van der Waals surface area contributed by atoms with E-state index in [-0.39, 0.29) is 11.7 Å². The molecule has 0 aromatic heterocycles. The number of hydrogen-bond donors (Lipinski definition) is 1. The molecule has 0 fully saturated rings. The summed E-state index contributed by atoms with van der Waals surface area (Å²) in [5, 5.41) is -0.422. The normalized spacial score (nSPS) is 16.9. The van der Waals surface area contributed by atoms with Gasteiger partial charge < -0.3 is 0 Å². The average Bonchev–Trinajstić information content (AvgIpc) is 2.91. The number of benzene rings is 1. The molecule has 1 aromatic carbocycles. The van der Waals surface area contributed by atoms with Crippen molar-refractivity contribution >= 4 is 21.4 Å². The first-order valence-electron chi connectivity index (χ1n) is 7.62. The number of allylic oxidation sites excluding steroid dienone is 2. The van der Waals surface area contributed by atoms with Crippen LogP contribution in [0.1, 0.15) is 50.7 Å². The van der Waals surface area contributed by atoms with Crippen LogP contribution in [0.15, 0.2) is 30.3 Å². The van der Waals surface area contributed by atoms with Crippen LogP contribution in [0, 0.1) is 0 Å². The fourth-order valence-corrected chi connectivity index (χ4v) is 3.19. The van der Waals surface area contributed by atoms with Crippen molar-refractivity contribution in [2.24, 2.45) is 0 Å². The van der Waals surface area contributed by atoms with Crippen LogP contribution in [0.25, 0.3) is 5.57 Å². The molecule has 0 bridgehead atoms. The van der Waals surface area contributed by atoms with Gasteiger partial charge in [-0.15, -0.1) is 0 Å². The maximum Gasteiger partial charge on any atom is 0.213 e. The highest BCUT2D eigenvalue weighted by atomic mass is 32.2. The van der Waals surface area contributed by atoms with E-state index in [4.69, 9.17) is 0 Å². The lowest BCUT2D eigenvalue weighted by molar-refractivity contribution is -0.114. The molecule has 0 spiro atoms. The maximum atomic E-state index is 11.8. The SMILES string of the molecule is CC(CNS(=O)(=O)C(C)C)c1ccc(C2=CC(=O)CC2)cc1. The van der Waals surface area contributed by atoms with E-state index in [2.05, 4.69) is 4.72 Å². The number of hydrogen-bond acceptors (Lipinski definition) is 3. The van der Waals surface area contributed by atoms with Gasteiger partial charge in [0.15, 0.2) is 5.78 Å². The number of carbonyl (C=O) groups excluding carboxylic acids is 1. The smallest absolute Gasteiger partial charge is 0.213 e. The van der Waals surface area contributed by atoms with Crippen LogP contribution >= 0.6 is 0 Å². The second kappa shape index (κ2) is 6.75. The van der Waals surface area contributed by atoms with Crippen molar-refractivity contribution in [1.29, 1.82) is 0 Å². The quantitative estimate of drug-likeness (QED) is 0.876. The molecular formula is C17H23NO3S. The second-order valence-electron chi connectivity index (χ2n) is 6.10. The summed E-state index contributed by atoms with van der Waals surface area (Å²) in [6.45, 7) is 5.72. The minimum atomic E-state index is -3.23. The van der Waals surface area contributed by atoms with Gasteiger partial charge in [0.05, 0.1) is 5.25 Å². The molecule has 0 amide bonds. The van der Waals surface area contributed by atoms with Gasteiger partial charge in [0.1, 0.15) is 0 Å². The van der Waals surface area contributed by atoms with Gasteiger partial charge in [0.2, 0.25) is 10.0 Å². The van der Waals surface area contributed by atoms with E-state index in [0.717, 1.165) is 23.1 Å². The number of rotatable bonds is 6. The molecule has 22 heavy (non-hydrogen) atoms. The lowest BCUT2D eigenvalue weighted by Crippen LogP contribution is -2.33. The number of sulfonamides is 1. The largest absolute Gasteiger partial charge is 0.295 e. The molecule has 1 unspecified atom stereocenters. The van der Waals surface area contributed by atoms with Gasteiger partial charge in [-0.1, -0.05) is 31.2 Å². The monoisotopic (exact) mass is 321 g/mol. The zero-order valence-corrected chi connectivity index (χ0v) is 14.1. The first kappa shape index (κ1) is 16.9. The Kier molecular flexibility index (Phi) is 5.19. The predicted molar refractivity (Wildman–Crippen MR) is 89.1 cm³/mol. The Morgan fingerprint density at radius 1 is 1.09 bits per heavy atom. The highest BCUT2D eigenvalue weighted by Crippen LogP contribution is 2.27. The summed E-state index contributed by atoms with van der Waals surface area (Å²) < 4.78 is 26.2. The maximum absolute atomic E-state index is 11.8. The Bertz CT molecular complexity index is 672. The Morgan fingerprint density at radius 3 is 2.23 bits per heavy atom. The average molecular weight is 321 g/mol. The van der Waals surface area contributed by atoms with Gasteiger partial charge in [-0.05, 0) is 49.0 Å². The summed E-state index contributed by atoms with van der Waals surface area (Å²) in [7, 11) is -3.23. The van der Waals surface area contributed by atoms with E-state index in [9.17, 15) is 13.2 Å². The molecule has 1 aliphatic rings. The fourth-order valence-electron chi connectivity index (χ4n) is 2.38. The molecule has 0 heterocycles. The van der Waals surface area contributed by atoms with Gasteiger partial charge in [-0.2, -0.15) is 0 Å². The van der Waals surface area contributed by atoms with Crippen molar-refractivity contribution in [3.8, 4) is 0 Å². The van der Waals surface area contributed by atoms with Crippen molar-refractivity contribution in [2.75, 3.05) is 6.54 Å². The minimum Gasteiger partial charge on any atom is -0.295 e. The lowest BCUT2D eigenvalue weighted by Gasteiger charge is -2.15. The third-order valence-electron chi connectivity index (χ3n) is 4.04. The molecule has 0 aliphatic heterocycles. The number of carbonyl (C=O) groups is 1. The Morgan fingerprint density at radius 2 is 1.73 bits per heavy atom. The standard InChI is InChI=1S/C17H23NO3S/c1-12(2)22(20,21)18-11-13(3)14-4-6-15(7-5-14)16-8-9-17(19)10-16/h4-7,10,12-13,18H,8-9,11H2,1-3H3. The van der Waals surface area contributed by atoms with E-state index in [0.29, 0.717) is 13.0 Å². The summed E-state index contributed by atoms with van der Waals surface area (Å²) in [6.07, 6.45) is 3.13. The molecule has 1 aliphatic carbocycles. The van der Waals surface area contributed by atoms with Crippen molar-refractivity contribution < 1.29 is 13.2 Å². The van der Waals surface area contributed by atoms with E-state index in [1.54, 1.807) is 19.9 Å². The Hall–Kier alpha value is -1.46. The summed E-state index contributed by atoms with van der Waals surface area (Å²) >= 11 is 0. The first-order chi connectivity index (χ1) is 10.3. The molecule has 4 nitrogen and oxygen atoms in total. The lowest BCUT2D eigenvalue weighted by atomic mass is 9.97. The third-order valence-corrected chi connectivity index (χ3v) is 5.85. The molecule has 5 heteroatoms. The van der Waals surface area contributed by atoms with E-state index in [1.165, 1.54) is 0 Å². The van der Waals surface area contributed by atoms with Crippen molar-refractivity contribution in [1.82, 2.24) is 4.72 Å². The van der Waals surface area contributed by atoms with Gasteiger partial charge >= 0.3 is 0 Å². The first-order valence-corrected chi connectivity index (χ1v) is 9.16. The fraction of sp³-hybridized carbons (Fsp3) is 0.471. The Labute approximate surface area is 132 Å². The van der Waals surface area contributed by atoms with Gasteiger partial charge in [0, 0.05) is 13.0 Å². The summed E-state index contributed by atoms with van der Waals surface area (Å²) in [5.74, 6) is 0.289. The molecule has 0 saturated heterocycles. The zero-order valence-electron chi connectivity index (χ0n) is 13.3. The third kappa shape index (κ3) is 4.05. The van der Waals surface area contributed by atoms with Crippen LogP contribution in [-0.2, 0) is 14.8 Å². The van der Waals surface area contributed by atoms with Crippen LogP contribution < -0.4 is 4.72 Å². The molecule has 0 saturated carbocycles. The van der Waals surface area contributed by atoms with Crippen LogP contribution in [-0.4, -0.2) is 26.0 Å². The van der Waals surface area contributed by atoms with E-state index >= 15 is 0 Å². The molecule has 2 rings (SSSR count). The molecule has 120 valence electrons. The zero-order chi connectivity index (χ0) is 16.3. The molecule has 0 radical (unpaired) electrons. The van der Waals surface area contributed by atoms with Crippen molar-refractivity contribution in [2.45, 2.75) is 44.8 Å². The van der Waals surface area contributed by atoms with Gasteiger partial charge in [-0.25, -0.2) is 13.1 Å². The van der Waals surface area contributed by atoms with E-state index < -0.39 is 15.3 Å². The topological polar surface area (TPSA) is 63.2 Å². The van der Waals surface area contributed by atoms with Gasteiger partial charge in [0.25, 0.3) is 0 Å². The van der Waals surface area contributed by atoms with Crippen LogP contribution in [0.2, 0.25) is 0 Å². The van der Waals surface area contributed by atoms with Crippen LogP contribution in [0.3, 0.4) is 0 Å². The molecular weight excluding hydrogens is 298 g/mol. The summed E-state index contributed by atoms with van der Waals surface area (Å²) in [5.41, 5.74) is 3.24. The highest BCUT2D eigenvalue weighted by Gasteiger charge is 2.17. The molecule has 1 N–H and O–H groups in total. The highest BCUT2D eigenvalue weighted by molar-refractivity contribution is 7.90. The molecule has 1 aromatic rings.